The number of anilines is 1. The van der Waals surface area contributed by atoms with Crippen molar-refractivity contribution in [1.29, 1.82) is 0 Å². The Morgan fingerprint density at radius 2 is 2.10 bits per heavy atom. The molecule has 1 fully saturated rings. The molecule has 4 heteroatoms. The predicted molar refractivity (Wildman–Crippen MR) is 82.7 cm³/mol. The molecule has 2 rings (SSSR count). The van der Waals surface area contributed by atoms with Crippen molar-refractivity contribution >= 4 is 5.69 Å². The van der Waals surface area contributed by atoms with E-state index in [4.69, 9.17) is 0 Å². The first kappa shape index (κ1) is 15.3. The second-order valence-electron chi connectivity index (χ2n) is 6.10. The van der Waals surface area contributed by atoms with Crippen LogP contribution in [0, 0.1) is 5.82 Å². The summed E-state index contributed by atoms with van der Waals surface area (Å²) >= 11 is 0. The van der Waals surface area contributed by atoms with Gasteiger partial charge in [-0.05, 0) is 31.7 Å². The van der Waals surface area contributed by atoms with E-state index in [0.29, 0.717) is 18.6 Å². The van der Waals surface area contributed by atoms with E-state index in [1.54, 1.807) is 6.07 Å². The molecule has 1 aliphatic rings. The second-order valence-corrected chi connectivity index (χ2v) is 6.10. The second kappa shape index (κ2) is 6.55. The van der Waals surface area contributed by atoms with Crippen molar-refractivity contribution in [3.05, 3.63) is 29.6 Å². The maximum Gasteiger partial charge on any atom is 0.146 e. The molecule has 0 bridgehead atoms. The molecule has 0 aliphatic carbocycles. The molecule has 1 N–H and O–H groups in total. The van der Waals surface area contributed by atoms with Gasteiger partial charge in [-0.15, -0.1) is 0 Å². The topological polar surface area (TPSA) is 18.5 Å². The van der Waals surface area contributed by atoms with Gasteiger partial charge in [0, 0.05) is 38.3 Å². The third kappa shape index (κ3) is 3.70. The van der Waals surface area contributed by atoms with Crippen molar-refractivity contribution in [3.8, 4) is 0 Å². The number of rotatable bonds is 4. The molecule has 0 amide bonds. The summed E-state index contributed by atoms with van der Waals surface area (Å²) in [7, 11) is 2.12. The summed E-state index contributed by atoms with van der Waals surface area (Å²) in [5, 5.41) is 3.31. The van der Waals surface area contributed by atoms with Crippen LogP contribution in [0.2, 0.25) is 0 Å². The quantitative estimate of drug-likeness (QED) is 0.913. The smallest absolute Gasteiger partial charge is 0.146 e. The Balaban J connectivity index is 2.06. The number of hydrogen-bond donors (Lipinski definition) is 1. The van der Waals surface area contributed by atoms with Crippen LogP contribution in [-0.2, 0) is 6.54 Å². The monoisotopic (exact) mass is 279 g/mol. The van der Waals surface area contributed by atoms with E-state index in [0.717, 1.165) is 30.9 Å². The Bertz CT molecular complexity index is 447. The maximum atomic E-state index is 14.3. The first-order chi connectivity index (χ1) is 9.47. The zero-order valence-corrected chi connectivity index (χ0v) is 13.0. The lowest BCUT2D eigenvalue weighted by atomic mass is 10.1. The minimum absolute atomic E-state index is 0.107. The van der Waals surface area contributed by atoms with Gasteiger partial charge in [-0.3, -0.25) is 0 Å². The molecule has 1 aromatic rings. The SMILES string of the molecule is CC(C)NCc1ccc(N2CCN(C)C(C)C2)c(F)c1. The molecule has 1 saturated heterocycles. The lowest BCUT2D eigenvalue weighted by molar-refractivity contribution is 0.233. The average molecular weight is 279 g/mol. The highest BCUT2D eigenvalue weighted by Crippen LogP contribution is 2.23. The minimum atomic E-state index is -0.107. The van der Waals surface area contributed by atoms with Gasteiger partial charge in [-0.1, -0.05) is 19.9 Å². The summed E-state index contributed by atoms with van der Waals surface area (Å²) in [4.78, 5) is 4.47. The molecule has 0 spiro atoms. The Kier molecular flexibility index (Phi) is 5.00. The van der Waals surface area contributed by atoms with Crippen LogP contribution in [-0.4, -0.2) is 43.7 Å². The van der Waals surface area contributed by atoms with E-state index in [-0.39, 0.29) is 5.82 Å². The Labute approximate surface area is 121 Å². The molecule has 0 radical (unpaired) electrons. The van der Waals surface area contributed by atoms with Crippen molar-refractivity contribution < 1.29 is 4.39 Å². The summed E-state index contributed by atoms with van der Waals surface area (Å²) in [6.45, 7) is 9.85. The van der Waals surface area contributed by atoms with Gasteiger partial charge in [-0.2, -0.15) is 0 Å². The Morgan fingerprint density at radius 1 is 1.35 bits per heavy atom. The van der Waals surface area contributed by atoms with Gasteiger partial charge < -0.3 is 15.1 Å². The molecule has 112 valence electrons. The van der Waals surface area contributed by atoms with Crippen molar-refractivity contribution in [3.63, 3.8) is 0 Å². The standard InChI is InChI=1S/C16H26FN3/c1-12(2)18-10-14-5-6-16(15(17)9-14)20-8-7-19(4)13(3)11-20/h5-6,9,12-13,18H,7-8,10-11H2,1-4H3. The molecule has 0 aromatic heterocycles. The third-order valence-electron chi connectivity index (χ3n) is 4.03. The molecule has 20 heavy (non-hydrogen) atoms. The van der Waals surface area contributed by atoms with Gasteiger partial charge in [0.15, 0.2) is 0 Å². The van der Waals surface area contributed by atoms with Crippen LogP contribution in [0.5, 0.6) is 0 Å². The van der Waals surface area contributed by atoms with Gasteiger partial charge >= 0.3 is 0 Å². The highest BCUT2D eigenvalue weighted by Gasteiger charge is 2.22. The van der Waals surface area contributed by atoms with Crippen molar-refractivity contribution in [2.45, 2.75) is 39.4 Å². The largest absolute Gasteiger partial charge is 0.366 e. The number of nitrogens with zero attached hydrogens (tertiary/aromatic N) is 2. The first-order valence-electron chi connectivity index (χ1n) is 7.44. The zero-order valence-electron chi connectivity index (χ0n) is 13.0. The molecule has 1 unspecified atom stereocenters. The van der Waals surface area contributed by atoms with Crippen molar-refractivity contribution in [2.75, 3.05) is 31.6 Å². The summed E-state index contributed by atoms with van der Waals surface area (Å²) in [5.74, 6) is -0.107. The molecular formula is C16H26FN3. The number of benzene rings is 1. The Hall–Kier alpha value is -1.13. The molecule has 1 atom stereocenters. The van der Waals surface area contributed by atoms with Gasteiger partial charge in [0.2, 0.25) is 0 Å². The predicted octanol–water partition coefficient (Wildman–Crippen LogP) is 2.46. The summed E-state index contributed by atoms with van der Waals surface area (Å²) < 4.78 is 14.3. The molecule has 1 heterocycles. The third-order valence-corrected chi connectivity index (χ3v) is 4.03. The fraction of sp³-hybridized carbons (Fsp3) is 0.625. The fourth-order valence-electron chi connectivity index (χ4n) is 2.51. The number of hydrogen-bond acceptors (Lipinski definition) is 3. The first-order valence-corrected chi connectivity index (χ1v) is 7.44. The molecule has 3 nitrogen and oxygen atoms in total. The normalized spacial score (nSPS) is 20.7. The average Bonchev–Trinajstić information content (AvgIpc) is 2.40. The summed E-state index contributed by atoms with van der Waals surface area (Å²) in [6.07, 6.45) is 0. The molecule has 0 saturated carbocycles. The molecule has 1 aromatic carbocycles. The van der Waals surface area contributed by atoms with Crippen LogP contribution < -0.4 is 10.2 Å². The number of likely N-dealkylation sites (N-methyl/N-ethyl adjacent to an activating group) is 1. The van der Waals surface area contributed by atoms with E-state index < -0.39 is 0 Å². The van der Waals surface area contributed by atoms with Gasteiger partial charge in [0.05, 0.1) is 5.69 Å². The Morgan fingerprint density at radius 3 is 2.70 bits per heavy atom. The maximum absolute atomic E-state index is 14.3. The van der Waals surface area contributed by atoms with Crippen LogP contribution in [0.25, 0.3) is 0 Å². The number of piperazine rings is 1. The molecule has 1 aliphatic heterocycles. The van der Waals surface area contributed by atoms with Crippen molar-refractivity contribution in [1.82, 2.24) is 10.2 Å². The lowest BCUT2D eigenvalue weighted by Crippen LogP contribution is -2.50. The van der Waals surface area contributed by atoms with Crippen LogP contribution in [0.1, 0.15) is 26.3 Å². The fourth-order valence-corrected chi connectivity index (χ4v) is 2.51. The van der Waals surface area contributed by atoms with E-state index >= 15 is 0 Å². The highest BCUT2D eigenvalue weighted by molar-refractivity contribution is 5.49. The highest BCUT2D eigenvalue weighted by atomic mass is 19.1. The van der Waals surface area contributed by atoms with E-state index in [1.165, 1.54) is 0 Å². The summed E-state index contributed by atoms with van der Waals surface area (Å²) in [5.41, 5.74) is 1.74. The van der Waals surface area contributed by atoms with Crippen LogP contribution >= 0.6 is 0 Å². The minimum Gasteiger partial charge on any atom is -0.366 e. The number of nitrogens with one attached hydrogen (secondary N) is 1. The van der Waals surface area contributed by atoms with Crippen LogP contribution in [0.15, 0.2) is 18.2 Å². The van der Waals surface area contributed by atoms with Gasteiger partial charge in [0.25, 0.3) is 0 Å². The van der Waals surface area contributed by atoms with E-state index in [2.05, 4.69) is 42.9 Å². The van der Waals surface area contributed by atoms with Crippen molar-refractivity contribution in [2.24, 2.45) is 0 Å². The van der Waals surface area contributed by atoms with Crippen LogP contribution in [0.3, 0.4) is 0 Å². The summed E-state index contributed by atoms with van der Waals surface area (Å²) in [6, 6.07) is 6.48. The molecular weight excluding hydrogens is 253 g/mol. The van der Waals surface area contributed by atoms with Gasteiger partial charge in [-0.25, -0.2) is 4.39 Å². The zero-order chi connectivity index (χ0) is 14.7. The lowest BCUT2D eigenvalue weighted by Gasteiger charge is -2.39. The number of halogens is 1. The van der Waals surface area contributed by atoms with Crippen LogP contribution in [0.4, 0.5) is 10.1 Å². The van der Waals surface area contributed by atoms with E-state index in [1.807, 2.05) is 12.1 Å². The van der Waals surface area contributed by atoms with E-state index in [9.17, 15) is 4.39 Å². The van der Waals surface area contributed by atoms with Gasteiger partial charge in [0.1, 0.15) is 5.82 Å².